The number of hydrogen-bond donors (Lipinski definition) is 0. The number of benzene rings is 2. The highest BCUT2D eigenvalue weighted by atomic mass is 79.9. The monoisotopic (exact) mass is 381 g/mol. The number of halogens is 1. The van der Waals surface area contributed by atoms with Crippen molar-refractivity contribution < 1.29 is 4.42 Å². The lowest BCUT2D eigenvalue weighted by molar-refractivity contribution is 0.575. The Balaban J connectivity index is 1.78. The SMILES string of the molecule is Cc1ccc(-c2ccc(C=Nc3ccc(C(C)C)cc3)o2)c(Br)c1. The number of aryl methyl sites for hydroxylation is 1. The zero-order valence-corrected chi connectivity index (χ0v) is 15.7. The van der Waals surface area contributed by atoms with Gasteiger partial charge in [-0.05, 0) is 60.4 Å². The molecule has 24 heavy (non-hydrogen) atoms. The van der Waals surface area contributed by atoms with Crippen molar-refractivity contribution in [2.45, 2.75) is 26.7 Å². The van der Waals surface area contributed by atoms with Crippen molar-refractivity contribution >= 4 is 27.8 Å². The molecule has 2 aromatic carbocycles. The van der Waals surface area contributed by atoms with Crippen molar-refractivity contribution in [1.29, 1.82) is 0 Å². The molecule has 0 saturated heterocycles. The van der Waals surface area contributed by atoms with E-state index in [4.69, 9.17) is 4.42 Å². The lowest BCUT2D eigenvalue weighted by Gasteiger charge is -2.04. The summed E-state index contributed by atoms with van der Waals surface area (Å²) in [4.78, 5) is 4.49. The molecule has 0 radical (unpaired) electrons. The first-order valence-corrected chi connectivity index (χ1v) is 8.82. The zero-order chi connectivity index (χ0) is 17.1. The van der Waals surface area contributed by atoms with E-state index in [0.29, 0.717) is 5.92 Å². The number of nitrogens with zero attached hydrogens (tertiary/aromatic N) is 1. The van der Waals surface area contributed by atoms with Crippen LogP contribution in [0.1, 0.15) is 36.7 Å². The normalized spacial score (nSPS) is 11.5. The molecule has 3 heteroatoms. The van der Waals surface area contributed by atoms with E-state index >= 15 is 0 Å². The summed E-state index contributed by atoms with van der Waals surface area (Å²) in [6.45, 7) is 6.44. The molecule has 1 heterocycles. The number of hydrogen-bond acceptors (Lipinski definition) is 2. The Hall–Kier alpha value is -2.13. The molecule has 0 aliphatic heterocycles. The molecule has 0 saturated carbocycles. The minimum atomic E-state index is 0.531. The van der Waals surface area contributed by atoms with E-state index in [-0.39, 0.29) is 0 Å². The molecule has 122 valence electrons. The van der Waals surface area contributed by atoms with E-state index in [1.807, 2.05) is 24.3 Å². The van der Waals surface area contributed by atoms with Gasteiger partial charge in [0, 0.05) is 10.0 Å². The molecule has 0 fully saturated rings. The summed E-state index contributed by atoms with van der Waals surface area (Å²) in [5.41, 5.74) is 4.50. The van der Waals surface area contributed by atoms with Crippen LogP contribution in [0, 0.1) is 6.92 Å². The van der Waals surface area contributed by atoms with Crippen molar-refractivity contribution in [2.24, 2.45) is 4.99 Å². The van der Waals surface area contributed by atoms with Gasteiger partial charge in [0.05, 0.1) is 11.9 Å². The second-order valence-corrected chi connectivity index (χ2v) is 7.04. The zero-order valence-electron chi connectivity index (χ0n) is 14.1. The summed E-state index contributed by atoms with van der Waals surface area (Å²) in [6, 6.07) is 18.4. The van der Waals surface area contributed by atoms with Gasteiger partial charge in [-0.1, -0.05) is 48.0 Å². The topological polar surface area (TPSA) is 25.5 Å². The molecule has 0 atom stereocenters. The number of rotatable bonds is 4. The fraction of sp³-hybridized carbons (Fsp3) is 0.190. The highest BCUT2D eigenvalue weighted by molar-refractivity contribution is 9.10. The quantitative estimate of drug-likeness (QED) is 0.451. The second kappa shape index (κ2) is 7.18. The third-order valence-corrected chi connectivity index (χ3v) is 4.57. The van der Waals surface area contributed by atoms with Crippen LogP contribution in [0.25, 0.3) is 11.3 Å². The van der Waals surface area contributed by atoms with Crippen LogP contribution in [0.3, 0.4) is 0 Å². The summed E-state index contributed by atoms with van der Waals surface area (Å²) in [5.74, 6) is 2.10. The van der Waals surface area contributed by atoms with Gasteiger partial charge in [-0.25, -0.2) is 0 Å². The number of aliphatic imine (C=N–C) groups is 1. The summed E-state index contributed by atoms with van der Waals surface area (Å²) >= 11 is 3.59. The Bertz CT molecular complexity index is 860. The minimum Gasteiger partial charge on any atom is -0.455 e. The minimum absolute atomic E-state index is 0.531. The fourth-order valence-corrected chi connectivity index (χ4v) is 3.16. The van der Waals surface area contributed by atoms with Gasteiger partial charge < -0.3 is 4.42 Å². The Morgan fingerprint density at radius 1 is 1.00 bits per heavy atom. The summed E-state index contributed by atoms with van der Waals surface area (Å²) in [5, 5.41) is 0. The second-order valence-electron chi connectivity index (χ2n) is 6.19. The average molecular weight is 382 g/mol. The van der Waals surface area contributed by atoms with E-state index in [1.165, 1.54) is 11.1 Å². The predicted molar refractivity (Wildman–Crippen MR) is 104 cm³/mol. The molecule has 1 aromatic heterocycles. The predicted octanol–water partition coefficient (Wildman–Crippen LogP) is 6.89. The highest BCUT2D eigenvalue weighted by Gasteiger charge is 2.07. The van der Waals surface area contributed by atoms with Crippen LogP contribution in [0.5, 0.6) is 0 Å². The third-order valence-electron chi connectivity index (χ3n) is 3.92. The smallest absolute Gasteiger partial charge is 0.145 e. The molecule has 3 rings (SSSR count). The molecular formula is C21H20BrNO. The molecule has 0 aliphatic carbocycles. The lowest BCUT2D eigenvalue weighted by Crippen LogP contribution is -1.84. The number of furan rings is 1. The van der Waals surface area contributed by atoms with Gasteiger partial charge >= 0.3 is 0 Å². The van der Waals surface area contributed by atoms with Gasteiger partial charge in [0.25, 0.3) is 0 Å². The maximum absolute atomic E-state index is 5.89. The molecule has 2 nitrogen and oxygen atoms in total. The van der Waals surface area contributed by atoms with Gasteiger partial charge in [-0.2, -0.15) is 0 Å². The maximum atomic E-state index is 5.89. The molecular weight excluding hydrogens is 362 g/mol. The Kier molecular flexibility index (Phi) is 5.00. The van der Waals surface area contributed by atoms with Crippen LogP contribution < -0.4 is 0 Å². The van der Waals surface area contributed by atoms with Crippen LogP contribution in [-0.4, -0.2) is 6.21 Å². The molecule has 0 aliphatic rings. The first kappa shape index (κ1) is 16.7. The average Bonchev–Trinajstić information content (AvgIpc) is 3.02. The van der Waals surface area contributed by atoms with Crippen molar-refractivity contribution in [3.63, 3.8) is 0 Å². The first-order valence-electron chi connectivity index (χ1n) is 8.03. The molecule has 3 aromatic rings. The van der Waals surface area contributed by atoms with Gasteiger partial charge in [0.1, 0.15) is 11.5 Å². The molecule has 0 amide bonds. The summed E-state index contributed by atoms with van der Waals surface area (Å²) < 4.78 is 6.93. The van der Waals surface area contributed by atoms with Crippen LogP contribution in [0.4, 0.5) is 5.69 Å². The summed E-state index contributed by atoms with van der Waals surface area (Å²) in [7, 11) is 0. The maximum Gasteiger partial charge on any atom is 0.145 e. The van der Waals surface area contributed by atoms with Gasteiger partial charge in [-0.15, -0.1) is 0 Å². The standard InChI is InChI=1S/C21H20BrNO/c1-14(2)16-5-7-17(8-6-16)23-13-18-9-11-21(24-18)19-10-4-15(3)12-20(19)22/h4-14H,1-3H3. The Labute approximate surface area is 151 Å². The van der Waals surface area contributed by atoms with Gasteiger partial charge in [0.15, 0.2) is 0 Å². The van der Waals surface area contributed by atoms with E-state index in [9.17, 15) is 0 Å². The molecule has 0 unspecified atom stereocenters. The van der Waals surface area contributed by atoms with E-state index in [2.05, 4.69) is 72.0 Å². The largest absolute Gasteiger partial charge is 0.455 e. The lowest BCUT2D eigenvalue weighted by atomic mass is 10.0. The van der Waals surface area contributed by atoms with Gasteiger partial charge in [0.2, 0.25) is 0 Å². The van der Waals surface area contributed by atoms with Crippen molar-refractivity contribution in [3.8, 4) is 11.3 Å². The molecule has 0 N–H and O–H groups in total. The Morgan fingerprint density at radius 3 is 2.42 bits per heavy atom. The summed E-state index contributed by atoms with van der Waals surface area (Å²) in [6.07, 6.45) is 1.76. The highest BCUT2D eigenvalue weighted by Crippen LogP contribution is 2.30. The van der Waals surface area contributed by atoms with Crippen LogP contribution >= 0.6 is 15.9 Å². The van der Waals surface area contributed by atoms with Crippen molar-refractivity contribution in [1.82, 2.24) is 0 Å². The molecule has 0 spiro atoms. The van der Waals surface area contributed by atoms with E-state index in [1.54, 1.807) is 6.21 Å². The van der Waals surface area contributed by atoms with Crippen molar-refractivity contribution in [2.75, 3.05) is 0 Å². The van der Waals surface area contributed by atoms with E-state index < -0.39 is 0 Å². The molecule has 0 bridgehead atoms. The van der Waals surface area contributed by atoms with E-state index in [0.717, 1.165) is 27.2 Å². The van der Waals surface area contributed by atoms with Crippen LogP contribution in [0.2, 0.25) is 0 Å². The van der Waals surface area contributed by atoms with Crippen LogP contribution in [0.15, 0.2) is 68.5 Å². The Morgan fingerprint density at radius 2 is 1.75 bits per heavy atom. The van der Waals surface area contributed by atoms with Gasteiger partial charge in [-0.3, -0.25) is 4.99 Å². The van der Waals surface area contributed by atoms with Crippen molar-refractivity contribution in [3.05, 3.63) is 76.0 Å². The fourth-order valence-electron chi connectivity index (χ4n) is 2.47. The first-order chi connectivity index (χ1) is 11.5. The third kappa shape index (κ3) is 3.85. The van der Waals surface area contributed by atoms with Crippen LogP contribution in [-0.2, 0) is 0 Å².